The summed E-state index contributed by atoms with van der Waals surface area (Å²) >= 11 is 2.88. The number of tetrazole rings is 1. The Kier molecular flexibility index (Phi) is 4.67. The predicted octanol–water partition coefficient (Wildman–Crippen LogP) is 2.09. The maximum atomic E-state index is 12.0. The van der Waals surface area contributed by atoms with Gasteiger partial charge in [-0.3, -0.25) is 9.20 Å². The van der Waals surface area contributed by atoms with Crippen molar-refractivity contribution in [3.8, 4) is 5.75 Å². The molecule has 4 aromatic rings. The van der Waals surface area contributed by atoms with Crippen LogP contribution in [0.1, 0.15) is 11.3 Å². The quantitative estimate of drug-likeness (QED) is 0.469. The first kappa shape index (κ1) is 16.7. The van der Waals surface area contributed by atoms with E-state index >= 15 is 0 Å². The molecular weight excluding hydrogens is 372 g/mol. The van der Waals surface area contributed by atoms with Crippen molar-refractivity contribution in [2.24, 2.45) is 0 Å². The Bertz CT molecular complexity index is 1090. The van der Waals surface area contributed by atoms with Crippen LogP contribution in [0.2, 0.25) is 0 Å². The van der Waals surface area contributed by atoms with E-state index in [-0.39, 0.29) is 5.56 Å². The minimum atomic E-state index is -0.0790. The molecule has 0 radical (unpaired) electrons. The van der Waals surface area contributed by atoms with Crippen LogP contribution in [0, 0.1) is 0 Å². The standard InChI is InChI=1S/C16H14N6O2S2/c1-24-13-4-2-11(3-5-13)9-22-16(18-19-20-22)26-10-12-8-14(23)21-6-7-25-15(21)17-12/h2-8H,9-10H2,1H3. The largest absolute Gasteiger partial charge is 0.497 e. The van der Waals surface area contributed by atoms with E-state index in [0.717, 1.165) is 11.3 Å². The molecule has 8 nitrogen and oxygen atoms in total. The SMILES string of the molecule is COc1ccc(Cn2nnnc2SCc2cc(=O)n3ccsc3n2)cc1. The molecule has 0 atom stereocenters. The van der Waals surface area contributed by atoms with Gasteiger partial charge in [-0.2, -0.15) is 0 Å². The Hall–Kier alpha value is -2.72. The Morgan fingerprint density at radius 3 is 2.92 bits per heavy atom. The van der Waals surface area contributed by atoms with Gasteiger partial charge in [0.15, 0.2) is 4.96 Å². The number of rotatable bonds is 6. The van der Waals surface area contributed by atoms with E-state index in [9.17, 15) is 4.79 Å². The number of thiazole rings is 1. The molecule has 4 rings (SSSR count). The van der Waals surface area contributed by atoms with Gasteiger partial charge in [-0.1, -0.05) is 23.9 Å². The fourth-order valence-electron chi connectivity index (χ4n) is 2.40. The summed E-state index contributed by atoms with van der Waals surface area (Å²) in [6.07, 6.45) is 1.72. The van der Waals surface area contributed by atoms with Gasteiger partial charge in [0.25, 0.3) is 5.56 Å². The van der Waals surface area contributed by atoms with Crippen LogP contribution < -0.4 is 10.3 Å². The molecular formula is C16H14N6O2S2. The third-order valence-corrected chi connectivity index (χ3v) is 5.44. The van der Waals surface area contributed by atoms with Gasteiger partial charge < -0.3 is 4.74 Å². The predicted molar refractivity (Wildman–Crippen MR) is 98.8 cm³/mol. The summed E-state index contributed by atoms with van der Waals surface area (Å²) < 4.78 is 8.42. The molecule has 0 unspecified atom stereocenters. The molecule has 3 aromatic heterocycles. The second kappa shape index (κ2) is 7.26. The van der Waals surface area contributed by atoms with E-state index in [1.54, 1.807) is 24.1 Å². The minimum Gasteiger partial charge on any atom is -0.497 e. The third-order valence-electron chi connectivity index (χ3n) is 3.70. The van der Waals surface area contributed by atoms with Crippen molar-refractivity contribution in [1.29, 1.82) is 0 Å². The molecule has 0 aliphatic carbocycles. The lowest BCUT2D eigenvalue weighted by molar-refractivity contribution is 0.414. The molecule has 0 amide bonds. The number of fused-ring (bicyclic) bond motifs is 1. The van der Waals surface area contributed by atoms with Crippen LogP contribution in [0.25, 0.3) is 4.96 Å². The number of ether oxygens (including phenoxy) is 1. The second-order valence-corrected chi connectivity index (χ2v) is 7.21. The van der Waals surface area contributed by atoms with E-state index in [1.165, 1.54) is 27.5 Å². The van der Waals surface area contributed by atoms with Crippen LogP contribution in [0.4, 0.5) is 0 Å². The summed E-state index contributed by atoms with van der Waals surface area (Å²) in [6, 6.07) is 9.30. The van der Waals surface area contributed by atoms with Crippen LogP contribution >= 0.6 is 23.1 Å². The molecule has 0 fully saturated rings. The van der Waals surface area contributed by atoms with E-state index in [1.807, 2.05) is 29.6 Å². The van der Waals surface area contributed by atoms with Crippen molar-refractivity contribution in [1.82, 2.24) is 29.6 Å². The van der Waals surface area contributed by atoms with Crippen LogP contribution in [-0.4, -0.2) is 36.7 Å². The van der Waals surface area contributed by atoms with Gasteiger partial charge in [-0.15, -0.1) is 16.4 Å². The summed E-state index contributed by atoms with van der Waals surface area (Å²) in [6.45, 7) is 0.555. The molecule has 0 aliphatic rings. The third kappa shape index (κ3) is 3.46. The highest BCUT2D eigenvalue weighted by Gasteiger charge is 2.10. The van der Waals surface area contributed by atoms with Gasteiger partial charge in [-0.25, -0.2) is 9.67 Å². The fraction of sp³-hybridized carbons (Fsp3) is 0.188. The highest BCUT2D eigenvalue weighted by atomic mass is 32.2. The average Bonchev–Trinajstić information content (AvgIpc) is 3.30. The monoisotopic (exact) mass is 386 g/mol. The van der Waals surface area contributed by atoms with Gasteiger partial charge in [0.2, 0.25) is 5.16 Å². The summed E-state index contributed by atoms with van der Waals surface area (Å²) in [5.41, 5.74) is 1.70. The van der Waals surface area contributed by atoms with E-state index in [2.05, 4.69) is 20.5 Å². The van der Waals surface area contributed by atoms with E-state index < -0.39 is 0 Å². The van der Waals surface area contributed by atoms with Crippen molar-refractivity contribution >= 4 is 28.1 Å². The number of methoxy groups -OCH3 is 1. The molecule has 3 heterocycles. The highest BCUT2D eigenvalue weighted by Crippen LogP contribution is 2.20. The zero-order chi connectivity index (χ0) is 17.9. The molecule has 1 aromatic carbocycles. The van der Waals surface area contributed by atoms with E-state index in [0.29, 0.717) is 28.1 Å². The molecule has 0 spiro atoms. The van der Waals surface area contributed by atoms with Crippen molar-refractivity contribution < 1.29 is 4.74 Å². The zero-order valence-corrected chi connectivity index (χ0v) is 15.4. The van der Waals surface area contributed by atoms with Gasteiger partial charge in [0, 0.05) is 23.4 Å². The van der Waals surface area contributed by atoms with Crippen LogP contribution in [0.3, 0.4) is 0 Å². The van der Waals surface area contributed by atoms with Crippen LogP contribution in [0.5, 0.6) is 5.75 Å². The molecule has 26 heavy (non-hydrogen) atoms. The summed E-state index contributed by atoms with van der Waals surface area (Å²) in [5, 5.41) is 14.4. The first-order valence-electron chi connectivity index (χ1n) is 7.70. The second-order valence-electron chi connectivity index (χ2n) is 5.40. The minimum absolute atomic E-state index is 0.0790. The summed E-state index contributed by atoms with van der Waals surface area (Å²) in [4.78, 5) is 17.2. The smallest absolute Gasteiger partial charge is 0.258 e. The lowest BCUT2D eigenvalue weighted by atomic mass is 10.2. The Balaban J connectivity index is 1.48. The van der Waals surface area contributed by atoms with Crippen LogP contribution in [0.15, 0.2) is 51.9 Å². The highest BCUT2D eigenvalue weighted by molar-refractivity contribution is 7.98. The van der Waals surface area contributed by atoms with Crippen molar-refractivity contribution in [3.63, 3.8) is 0 Å². The molecule has 0 aliphatic heterocycles. The molecule has 132 valence electrons. The van der Waals surface area contributed by atoms with Gasteiger partial charge >= 0.3 is 0 Å². The summed E-state index contributed by atoms with van der Waals surface area (Å²) in [5.74, 6) is 1.33. The van der Waals surface area contributed by atoms with Crippen LogP contribution in [-0.2, 0) is 12.3 Å². The number of nitrogens with zero attached hydrogens (tertiary/aromatic N) is 6. The molecule has 0 N–H and O–H groups in total. The zero-order valence-electron chi connectivity index (χ0n) is 13.8. The van der Waals surface area contributed by atoms with E-state index in [4.69, 9.17) is 4.74 Å². The number of benzene rings is 1. The lowest BCUT2D eigenvalue weighted by Gasteiger charge is -2.06. The maximum Gasteiger partial charge on any atom is 0.258 e. The summed E-state index contributed by atoms with van der Waals surface area (Å²) in [7, 11) is 1.64. The molecule has 0 saturated heterocycles. The molecule has 10 heteroatoms. The lowest BCUT2D eigenvalue weighted by Crippen LogP contribution is -2.12. The Morgan fingerprint density at radius 2 is 2.12 bits per heavy atom. The van der Waals surface area contributed by atoms with Gasteiger partial charge in [0.05, 0.1) is 19.3 Å². The average molecular weight is 386 g/mol. The normalized spacial score (nSPS) is 11.1. The first-order valence-corrected chi connectivity index (χ1v) is 9.57. The Labute approximate surface area is 156 Å². The maximum absolute atomic E-state index is 12.0. The van der Waals surface area contributed by atoms with Gasteiger partial charge in [0.1, 0.15) is 5.75 Å². The molecule has 0 bridgehead atoms. The van der Waals surface area contributed by atoms with Crippen molar-refractivity contribution in [2.75, 3.05) is 7.11 Å². The number of thioether (sulfide) groups is 1. The van der Waals surface area contributed by atoms with Crippen molar-refractivity contribution in [2.45, 2.75) is 17.5 Å². The first-order chi connectivity index (χ1) is 12.7. The topological polar surface area (TPSA) is 87.2 Å². The number of aromatic nitrogens is 6. The fourth-order valence-corrected chi connectivity index (χ4v) is 3.91. The molecule has 0 saturated carbocycles. The number of hydrogen-bond acceptors (Lipinski definition) is 8. The number of hydrogen-bond donors (Lipinski definition) is 0. The Morgan fingerprint density at radius 1 is 1.27 bits per heavy atom. The van der Waals surface area contributed by atoms with Crippen molar-refractivity contribution in [3.05, 3.63) is 63.5 Å². The van der Waals surface area contributed by atoms with Gasteiger partial charge in [-0.05, 0) is 28.1 Å².